The Morgan fingerprint density at radius 3 is 2.95 bits per heavy atom. The lowest BCUT2D eigenvalue weighted by Gasteiger charge is -2.29. The van der Waals surface area contributed by atoms with Gasteiger partial charge < -0.3 is 14.4 Å². The van der Waals surface area contributed by atoms with Gasteiger partial charge in [-0.1, -0.05) is 0 Å². The standard InChI is InChI=1S/C15H24N2O3S/c1-11(13-16-7-9-21-13)19-10-12-6-5-8-17(12)14(18)20-15(2,3)4/h7,9,11-12H,5-6,8,10H2,1-4H3/t11-,12-/m0/s1. The second-order valence-corrected chi connectivity index (χ2v) is 7.24. The number of ether oxygens (including phenoxy) is 2. The van der Waals surface area contributed by atoms with E-state index in [0.717, 1.165) is 24.4 Å². The molecule has 1 amide bonds. The van der Waals surface area contributed by atoms with Crippen LogP contribution in [0.4, 0.5) is 4.79 Å². The van der Waals surface area contributed by atoms with E-state index in [1.54, 1.807) is 22.4 Å². The molecule has 6 heteroatoms. The van der Waals surface area contributed by atoms with Gasteiger partial charge in [0.25, 0.3) is 0 Å². The van der Waals surface area contributed by atoms with E-state index >= 15 is 0 Å². The summed E-state index contributed by atoms with van der Waals surface area (Å²) in [6.45, 7) is 8.92. The molecular weight excluding hydrogens is 288 g/mol. The lowest BCUT2D eigenvalue weighted by molar-refractivity contribution is -0.00176. The predicted octanol–water partition coefficient (Wildman–Crippen LogP) is 3.62. The third kappa shape index (κ3) is 4.68. The van der Waals surface area contributed by atoms with E-state index < -0.39 is 5.60 Å². The van der Waals surface area contributed by atoms with Gasteiger partial charge in [0.05, 0.1) is 12.6 Å². The summed E-state index contributed by atoms with van der Waals surface area (Å²) in [5, 5.41) is 2.91. The number of aromatic nitrogens is 1. The second-order valence-electron chi connectivity index (χ2n) is 6.32. The fourth-order valence-electron chi connectivity index (χ4n) is 2.33. The molecule has 0 aromatic carbocycles. The average molecular weight is 312 g/mol. The lowest BCUT2D eigenvalue weighted by Crippen LogP contribution is -2.41. The van der Waals surface area contributed by atoms with Gasteiger partial charge in [-0.25, -0.2) is 9.78 Å². The number of nitrogens with zero attached hydrogens (tertiary/aromatic N) is 2. The molecule has 118 valence electrons. The summed E-state index contributed by atoms with van der Waals surface area (Å²) in [7, 11) is 0. The summed E-state index contributed by atoms with van der Waals surface area (Å²) < 4.78 is 11.3. The highest BCUT2D eigenvalue weighted by Crippen LogP contribution is 2.24. The van der Waals surface area contributed by atoms with Crippen LogP contribution in [0.1, 0.15) is 51.6 Å². The van der Waals surface area contributed by atoms with E-state index in [1.165, 1.54) is 0 Å². The fourth-order valence-corrected chi connectivity index (χ4v) is 2.97. The third-order valence-corrected chi connectivity index (χ3v) is 4.28. The van der Waals surface area contributed by atoms with Gasteiger partial charge in [0.1, 0.15) is 16.7 Å². The Morgan fingerprint density at radius 1 is 1.57 bits per heavy atom. The Labute approximate surface area is 130 Å². The van der Waals surface area contributed by atoms with Crippen molar-refractivity contribution >= 4 is 17.4 Å². The number of thiazole rings is 1. The van der Waals surface area contributed by atoms with E-state index in [-0.39, 0.29) is 18.2 Å². The molecule has 0 radical (unpaired) electrons. The van der Waals surface area contributed by atoms with Gasteiger partial charge in [-0.2, -0.15) is 0 Å². The van der Waals surface area contributed by atoms with E-state index in [9.17, 15) is 4.79 Å². The molecule has 2 atom stereocenters. The van der Waals surface area contributed by atoms with Crippen LogP contribution in [0.15, 0.2) is 11.6 Å². The van der Waals surface area contributed by atoms with Gasteiger partial charge >= 0.3 is 6.09 Å². The number of hydrogen-bond donors (Lipinski definition) is 0. The highest BCUT2D eigenvalue weighted by Gasteiger charge is 2.32. The van der Waals surface area contributed by atoms with E-state index in [0.29, 0.717) is 6.61 Å². The van der Waals surface area contributed by atoms with Crippen LogP contribution < -0.4 is 0 Å². The maximum Gasteiger partial charge on any atom is 0.410 e. The molecule has 0 unspecified atom stereocenters. The smallest absolute Gasteiger partial charge is 0.410 e. The molecule has 2 rings (SSSR count). The molecular formula is C15H24N2O3S. The number of rotatable bonds is 4. The minimum absolute atomic E-state index is 0.0360. The zero-order valence-electron chi connectivity index (χ0n) is 13.2. The first kappa shape index (κ1) is 16.2. The van der Waals surface area contributed by atoms with Gasteiger partial charge in [-0.05, 0) is 40.5 Å². The van der Waals surface area contributed by atoms with Crippen LogP contribution in [-0.4, -0.2) is 40.8 Å². The Kier molecular flexibility index (Phi) is 5.22. The number of carbonyl (C=O) groups is 1. The Morgan fingerprint density at radius 2 is 2.33 bits per heavy atom. The van der Waals surface area contributed by atoms with Crippen molar-refractivity contribution in [3.63, 3.8) is 0 Å². The van der Waals surface area contributed by atoms with Crippen molar-refractivity contribution < 1.29 is 14.3 Å². The highest BCUT2D eigenvalue weighted by molar-refractivity contribution is 7.09. The van der Waals surface area contributed by atoms with Crippen LogP contribution in [0.3, 0.4) is 0 Å². The minimum Gasteiger partial charge on any atom is -0.444 e. The number of hydrogen-bond acceptors (Lipinski definition) is 5. The monoisotopic (exact) mass is 312 g/mol. The molecule has 0 aliphatic carbocycles. The molecule has 0 bridgehead atoms. The molecule has 1 fully saturated rings. The van der Waals surface area contributed by atoms with Crippen LogP contribution in [0.5, 0.6) is 0 Å². The van der Waals surface area contributed by atoms with Gasteiger partial charge in [0, 0.05) is 18.1 Å². The van der Waals surface area contributed by atoms with Crippen molar-refractivity contribution in [1.29, 1.82) is 0 Å². The second kappa shape index (κ2) is 6.75. The normalized spacial score (nSPS) is 20.6. The summed E-state index contributed by atoms with van der Waals surface area (Å²) in [5.41, 5.74) is -0.459. The van der Waals surface area contributed by atoms with Crippen molar-refractivity contribution in [3.05, 3.63) is 16.6 Å². The Bertz CT molecular complexity index is 456. The fraction of sp³-hybridized carbons (Fsp3) is 0.733. The van der Waals surface area contributed by atoms with Crippen molar-refractivity contribution in [2.45, 2.75) is 58.3 Å². The lowest BCUT2D eigenvalue weighted by atomic mass is 10.2. The topological polar surface area (TPSA) is 51.7 Å². The largest absolute Gasteiger partial charge is 0.444 e. The number of carbonyl (C=O) groups excluding carboxylic acids is 1. The maximum atomic E-state index is 12.2. The zero-order chi connectivity index (χ0) is 15.5. The maximum absolute atomic E-state index is 12.2. The molecule has 1 aromatic rings. The Hall–Kier alpha value is -1.14. The summed E-state index contributed by atoms with van der Waals surface area (Å²) in [6.07, 6.45) is 3.46. The first-order chi connectivity index (χ1) is 9.87. The molecule has 0 saturated carbocycles. The summed E-state index contributed by atoms with van der Waals surface area (Å²) in [6, 6.07) is 0.0993. The quantitative estimate of drug-likeness (QED) is 0.852. The molecule has 5 nitrogen and oxygen atoms in total. The third-order valence-electron chi connectivity index (χ3n) is 3.34. The molecule has 1 aliphatic heterocycles. The Balaban J connectivity index is 1.86. The SMILES string of the molecule is C[C@H](OC[C@@H]1CCCN1C(=O)OC(C)(C)C)c1nccs1. The van der Waals surface area contributed by atoms with Gasteiger partial charge in [-0.3, -0.25) is 0 Å². The van der Waals surface area contributed by atoms with Crippen LogP contribution in [0.25, 0.3) is 0 Å². The summed E-state index contributed by atoms with van der Waals surface area (Å²) in [4.78, 5) is 18.2. The first-order valence-corrected chi connectivity index (χ1v) is 8.25. The number of likely N-dealkylation sites (tertiary alicyclic amines) is 1. The number of amides is 1. The highest BCUT2D eigenvalue weighted by atomic mass is 32.1. The first-order valence-electron chi connectivity index (χ1n) is 7.37. The molecule has 1 aromatic heterocycles. The van der Waals surface area contributed by atoms with Gasteiger partial charge in [0.2, 0.25) is 0 Å². The van der Waals surface area contributed by atoms with Crippen LogP contribution in [-0.2, 0) is 9.47 Å². The molecule has 21 heavy (non-hydrogen) atoms. The van der Waals surface area contributed by atoms with Crippen molar-refractivity contribution in [1.82, 2.24) is 9.88 Å². The molecule has 0 spiro atoms. The zero-order valence-corrected chi connectivity index (χ0v) is 14.0. The van der Waals surface area contributed by atoms with Gasteiger partial charge in [-0.15, -0.1) is 11.3 Å². The van der Waals surface area contributed by atoms with Crippen LogP contribution in [0, 0.1) is 0 Å². The van der Waals surface area contributed by atoms with E-state index in [1.807, 2.05) is 33.1 Å². The van der Waals surface area contributed by atoms with E-state index in [4.69, 9.17) is 9.47 Å². The summed E-state index contributed by atoms with van der Waals surface area (Å²) >= 11 is 1.59. The summed E-state index contributed by atoms with van der Waals surface area (Å²) in [5.74, 6) is 0. The van der Waals surface area contributed by atoms with Crippen LogP contribution in [0.2, 0.25) is 0 Å². The molecule has 2 heterocycles. The van der Waals surface area contributed by atoms with E-state index in [2.05, 4.69) is 4.98 Å². The van der Waals surface area contributed by atoms with Gasteiger partial charge in [0.15, 0.2) is 0 Å². The molecule has 1 saturated heterocycles. The minimum atomic E-state index is -0.459. The van der Waals surface area contributed by atoms with Crippen LogP contribution >= 0.6 is 11.3 Å². The molecule has 1 aliphatic rings. The van der Waals surface area contributed by atoms with Crippen molar-refractivity contribution in [2.75, 3.05) is 13.2 Å². The van der Waals surface area contributed by atoms with Crippen molar-refractivity contribution in [2.24, 2.45) is 0 Å². The van der Waals surface area contributed by atoms with Crippen molar-refractivity contribution in [3.8, 4) is 0 Å². The molecule has 0 N–H and O–H groups in total. The predicted molar refractivity (Wildman–Crippen MR) is 82.4 cm³/mol. The average Bonchev–Trinajstić information content (AvgIpc) is 3.04.